The number of piperidine rings is 1. The average Bonchev–Trinajstić information content (AvgIpc) is 3.41. The van der Waals surface area contributed by atoms with Gasteiger partial charge in [-0.15, -0.1) is 0 Å². The van der Waals surface area contributed by atoms with Crippen molar-refractivity contribution in [1.82, 2.24) is 20.0 Å². The molecule has 1 amide bonds. The van der Waals surface area contributed by atoms with Crippen LogP contribution in [0.1, 0.15) is 62.9 Å². The summed E-state index contributed by atoms with van der Waals surface area (Å²) in [5, 5.41) is 16.7. The summed E-state index contributed by atoms with van der Waals surface area (Å²) in [7, 11) is 1.48. The van der Waals surface area contributed by atoms with Gasteiger partial charge in [0.1, 0.15) is 17.3 Å². The second-order valence-electron chi connectivity index (χ2n) is 11.2. The lowest BCUT2D eigenvalue weighted by atomic mass is 10.0. The number of esters is 1. The van der Waals surface area contributed by atoms with Gasteiger partial charge in [-0.05, 0) is 80.7 Å². The van der Waals surface area contributed by atoms with Crippen molar-refractivity contribution in [3.05, 3.63) is 60.0 Å². The molecule has 2 N–H and O–H groups in total. The maximum atomic E-state index is 13.8. The number of carbonyl (C=O) groups excluding carboxylic acids is 2. The summed E-state index contributed by atoms with van der Waals surface area (Å²) in [6, 6.07) is 11.5. The van der Waals surface area contributed by atoms with Crippen molar-refractivity contribution in [2.24, 2.45) is 5.92 Å². The molecule has 0 saturated carbocycles. The molecule has 3 aromatic rings. The van der Waals surface area contributed by atoms with Gasteiger partial charge in [-0.3, -0.25) is 14.4 Å². The molecule has 0 bridgehead atoms. The second kappa shape index (κ2) is 14.8. The van der Waals surface area contributed by atoms with E-state index in [1.807, 2.05) is 13.8 Å². The first kappa shape index (κ1) is 31.7. The third-order valence-electron chi connectivity index (χ3n) is 7.29. The normalized spacial score (nSPS) is 14.3. The van der Waals surface area contributed by atoms with Gasteiger partial charge in [0.2, 0.25) is 0 Å². The van der Waals surface area contributed by atoms with Crippen molar-refractivity contribution >= 4 is 17.8 Å². The van der Waals surface area contributed by atoms with Crippen molar-refractivity contribution in [3.63, 3.8) is 0 Å². The van der Waals surface area contributed by atoms with Gasteiger partial charge in [0, 0.05) is 12.6 Å². The number of hydrogen-bond acceptors (Lipinski definition) is 7. The van der Waals surface area contributed by atoms with E-state index in [1.165, 1.54) is 48.5 Å². The molecule has 1 atom stereocenters. The number of rotatable bonds is 13. The molecule has 2 heterocycles. The van der Waals surface area contributed by atoms with Gasteiger partial charge in [0.15, 0.2) is 5.69 Å². The van der Waals surface area contributed by atoms with E-state index in [-0.39, 0.29) is 30.2 Å². The predicted molar refractivity (Wildman–Crippen MR) is 159 cm³/mol. The molecule has 0 aliphatic carbocycles. The Morgan fingerprint density at radius 1 is 1.05 bits per heavy atom. The molecule has 1 fully saturated rings. The minimum absolute atomic E-state index is 0.00625. The maximum Gasteiger partial charge on any atom is 0.312 e. The SMILES string of the molecule is COc1cccc(OC(=O)CCN2CCCCC2)c1-c1cc(C(=O)NC(CC(=O)O)CC(C)C)nn1-c1ccc(F)cc1. The molecule has 1 aliphatic heterocycles. The van der Waals surface area contributed by atoms with Crippen molar-refractivity contribution in [1.29, 1.82) is 0 Å². The number of aliphatic carboxylic acids is 1. The van der Waals surface area contributed by atoms with Crippen LogP contribution in [0.3, 0.4) is 0 Å². The molecule has 230 valence electrons. The third kappa shape index (κ3) is 8.63. The van der Waals surface area contributed by atoms with Crippen LogP contribution >= 0.6 is 0 Å². The van der Waals surface area contributed by atoms with E-state index >= 15 is 0 Å². The average molecular weight is 595 g/mol. The molecule has 43 heavy (non-hydrogen) atoms. The van der Waals surface area contributed by atoms with E-state index in [2.05, 4.69) is 15.3 Å². The van der Waals surface area contributed by atoms with E-state index in [9.17, 15) is 23.9 Å². The van der Waals surface area contributed by atoms with Crippen LogP contribution in [0, 0.1) is 11.7 Å². The number of carbonyl (C=O) groups is 3. The fourth-order valence-corrected chi connectivity index (χ4v) is 5.31. The van der Waals surface area contributed by atoms with Crippen LogP contribution < -0.4 is 14.8 Å². The predicted octanol–water partition coefficient (Wildman–Crippen LogP) is 5.09. The minimum Gasteiger partial charge on any atom is -0.496 e. The molecular formula is C32H39FN4O6. The van der Waals surface area contributed by atoms with Gasteiger partial charge in [-0.1, -0.05) is 26.3 Å². The Balaban J connectivity index is 1.70. The highest BCUT2D eigenvalue weighted by molar-refractivity contribution is 5.95. The highest BCUT2D eigenvalue weighted by Crippen LogP contribution is 2.40. The van der Waals surface area contributed by atoms with Gasteiger partial charge in [0.25, 0.3) is 5.91 Å². The van der Waals surface area contributed by atoms with Gasteiger partial charge < -0.3 is 24.8 Å². The van der Waals surface area contributed by atoms with Crippen LogP contribution in [-0.4, -0.2) is 70.4 Å². The fraction of sp³-hybridized carbons (Fsp3) is 0.438. The molecule has 0 radical (unpaired) electrons. The summed E-state index contributed by atoms with van der Waals surface area (Å²) >= 11 is 0. The quantitative estimate of drug-likeness (QED) is 0.207. The standard InChI is InChI=1S/C32H39FN4O6/c1-21(2)18-23(19-29(38)39)34-32(41)25-20-26(37(35-25)24-12-10-22(33)11-13-24)31-27(42-3)8-7-9-28(31)43-30(40)14-17-36-15-5-4-6-16-36/h7-13,20-21,23H,4-6,14-19H2,1-3H3,(H,34,41)(H,38,39). The molecular weight excluding hydrogens is 555 g/mol. The summed E-state index contributed by atoms with van der Waals surface area (Å²) in [5.74, 6) is -1.69. The first-order valence-corrected chi connectivity index (χ1v) is 14.6. The summed E-state index contributed by atoms with van der Waals surface area (Å²) in [5.41, 5.74) is 1.21. The molecule has 1 saturated heterocycles. The lowest BCUT2D eigenvalue weighted by molar-refractivity contribution is -0.137. The number of hydrogen-bond donors (Lipinski definition) is 2. The number of carboxylic acid groups (broad SMARTS) is 1. The van der Waals surface area contributed by atoms with Crippen LogP contribution in [0.4, 0.5) is 4.39 Å². The van der Waals surface area contributed by atoms with Gasteiger partial charge in [-0.25, -0.2) is 9.07 Å². The molecule has 10 nitrogen and oxygen atoms in total. The fourth-order valence-electron chi connectivity index (χ4n) is 5.31. The molecule has 1 aliphatic rings. The molecule has 1 aromatic heterocycles. The first-order valence-electron chi connectivity index (χ1n) is 14.6. The Morgan fingerprint density at radius 3 is 2.40 bits per heavy atom. The topological polar surface area (TPSA) is 123 Å². The number of likely N-dealkylation sites (tertiary alicyclic amines) is 1. The Kier molecular flexibility index (Phi) is 10.9. The maximum absolute atomic E-state index is 13.8. The summed E-state index contributed by atoms with van der Waals surface area (Å²) < 4.78 is 26.8. The number of amides is 1. The van der Waals surface area contributed by atoms with E-state index in [0.717, 1.165) is 25.9 Å². The highest BCUT2D eigenvalue weighted by Gasteiger charge is 2.26. The van der Waals surface area contributed by atoms with Crippen LogP contribution in [0.2, 0.25) is 0 Å². The summed E-state index contributed by atoms with van der Waals surface area (Å²) in [4.78, 5) is 40.1. The summed E-state index contributed by atoms with van der Waals surface area (Å²) in [6.45, 7) is 6.41. The number of halogens is 1. The van der Waals surface area contributed by atoms with Crippen LogP contribution in [0.15, 0.2) is 48.5 Å². The lowest BCUT2D eigenvalue weighted by Gasteiger charge is -2.25. The van der Waals surface area contributed by atoms with Crippen LogP contribution in [0.5, 0.6) is 11.5 Å². The zero-order chi connectivity index (χ0) is 30.9. The number of nitrogens with one attached hydrogen (secondary N) is 1. The number of benzene rings is 2. The number of methoxy groups -OCH3 is 1. The van der Waals surface area contributed by atoms with Gasteiger partial charge in [0.05, 0.1) is 36.9 Å². The zero-order valence-corrected chi connectivity index (χ0v) is 24.8. The zero-order valence-electron chi connectivity index (χ0n) is 24.8. The number of ether oxygens (including phenoxy) is 2. The number of carboxylic acids is 1. The number of aromatic nitrogens is 2. The Bertz CT molecular complexity index is 1420. The Morgan fingerprint density at radius 2 is 1.74 bits per heavy atom. The molecule has 4 rings (SSSR count). The Labute approximate surface area is 250 Å². The van der Waals surface area contributed by atoms with Gasteiger partial charge in [-0.2, -0.15) is 5.10 Å². The van der Waals surface area contributed by atoms with E-state index in [0.29, 0.717) is 35.7 Å². The number of nitrogens with zero attached hydrogens (tertiary/aromatic N) is 3. The van der Waals surface area contributed by atoms with E-state index in [4.69, 9.17) is 9.47 Å². The lowest BCUT2D eigenvalue weighted by Crippen LogP contribution is -2.37. The van der Waals surface area contributed by atoms with Crippen molar-refractivity contribution < 1.29 is 33.4 Å². The molecule has 1 unspecified atom stereocenters. The second-order valence-corrected chi connectivity index (χ2v) is 11.2. The van der Waals surface area contributed by atoms with E-state index < -0.39 is 29.7 Å². The van der Waals surface area contributed by atoms with Crippen molar-refractivity contribution in [3.8, 4) is 28.4 Å². The third-order valence-corrected chi connectivity index (χ3v) is 7.29. The minimum atomic E-state index is -1.02. The Hall–Kier alpha value is -4.25. The molecule has 11 heteroatoms. The highest BCUT2D eigenvalue weighted by atomic mass is 19.1. The molecule has 0 spiro atoms. The summed E-state index contributed by atoms with van der Waals surface area (Å²) in [6.07, 6.45) is 3.88. The van der Waals surface area contributed by atoms with Crippen molar-refractivity contribution in [2.75, 3.05) is 26.7 Å². The molecule has 2 aromatic carbocycles. The van der Waals surface area contributed by atoms with Crippen molar-refractivity contribution in [2.45, 2.75) is 58.4 Å². The first-order chi connectivity index (χ1) is 20.6. The monoisotopic (exact) mass is 594 g/mol. The van der Waals surface area contributed by atoms with E-state index in [1.54, 1.807) is 18.2 Å². The largest absolute Gasteiger partial charge is 0.496 e. The van der Waals surface area contributed by atoms with Crippen LogP contribution in [0.25, 0.3) is 16.9 Å². The van der Waals surface area contributed by atoms with Gasteiger partial charge >= 0.3 is 11.9 Å². The smallest absolute Gasteiger partial charge is 0.312 e. The van der Waals surface area contributed by atoms with Crippen LogP contribution in [-0.2, 0) is 9.59 Å².